The predicted octanol–water partition coefficient (Wildman–Crippen LogP) is 4.42. The van der Waals surface area contributed by atoms with Crippen LogP contribution in [0.5, 0.6) is 0 Å². The van der Waals surface area contributed by atoms with Crippen molar-refractivity contribution in [3.05, 3.63) is 0 Å². The Labute approximate surface area is 156 Å². The number of carbonyl (C=O) groups is 3. The van der Waals surface area contributed by atoms with E-state index in [1.807, 2.05) is 6.92 Å². The Hall–Kier alpha value is -1.79. The molecule has 7 nitrogen and oxygen atoms in total. The first-order chi connectivity index (χ1) is 11.8. The summed E-state index contributed by atoms with van der Waals surface area (Å²) in [5.74, 6) is -0.601. The van der Waals surface area contributed by atoms with Crippen LogP contribution in [-0.2, 0) is 19.0 Å². The van der Waals surface area contributed by atoms with Crippen LogP contribution < -0.4 is 0 Å². The molecule has 0 spiro atoms. The number of carbonyl (C=O) groups excluding carboxylic acids is 3. The summed E-state index contributed by atoms with van der Waals surface area (Å²) in [5.41, 5.74) is -1.62. The standard InChI is InChI=1S/C19H33NO6/c1-13-11-9-8-10-12-14(15(21)24-13)20(16(22)25-18(2,3)4)17(23)26-19(5,6)7/h13-14H,8-12H2,1-7H3/t13?,14-/m0/s1. The molecule has 0 aromatic rings. The molecular formula is C19H33NO6. The third kappa shape index (κ3) is 7.62. The van der Waals surface area contributed by atoms with Crippen LogP contribution in [0.25, 0.3) is 0 Å². The lowest BCUT2D eigenvalue weighted by atomic mass is 10.1. The predicted molar refractivity (Wildman–Crippen MR) is 96.7 cm³/mol. The Bertz CT molecular complexity index is 489. The van der Waals surface area contributed by atoms with Crippen molar-refractivity contribution in [3.63, 3.8) is 0 Å². The fraction of sp³-hybridized carbons (Fsp3) is 0.842. The molecule has 0 aliphatic carbocycles. The SMILES string of the molecule is CC1CCCCC[C@H](N(C(=O)OC(C)(C)C)C(=O)OC(C)(C)C)C(=O)O1. The first kappa shape index (κ1) is 22.3. The molecule has 26 heavy (non-hydrogen) atoms. The van der Waals surface area contributed by atoms with Gasteiger partial charge < -0.3 is 14.2 Å². The van der Waals surface area contributed by atoms with Crippen LogP contribution in [0.2, 0.25) is 0 Å². The monoisotopic (exact) mass is 371 g/mol. The Morgan fingerprint density at radius 3 is 1.85 bits per heavy atom. The third-order valence-corrected chi connectivity index (χ3v) is 3.67. The van der Waals surface area contributed by atoms with Gasteiger partial charge in [0.25, 0.3) is 0 Å². The van der Waals surface area contributed by atoms with Gasteiger partial charge in [0.2, 0.25) is 0 Å². The van der Waals surface area contributed by atoms with Crippen molar-refractivity contribution in [1.82, 2.24) is 4.90 Å². The molecule has 150 valence electrons. The van der Waals surface area contributed by atoms with Crippen molar-refractivity contribution in [2.24, 2.45) is 0 Å². The zero-order chi connectivity index (χ0) is 20.1. The summed E-state index contributed by atoms with van der Waals surface area (Å²) in [7, 11) is 0. The summed E-state index contributed by atoms with van der Waals surface area (Å²) in [6.45, 7) is 12.0. The molecule has 7 heteroatoms. The molecule has 0 bridgehead atoms. The number of cyclic esters (lactones) is 1. The zero-order valence-electron chi connectivity index (χ0n) is 17.1. The molecule has 1 saturated heterocycles. The summed E-state index contributed by atoms with van der Waals surface area (Å²) in [6.07, 6.45) is 1.55. The number of rotatable bonds is 1. The smallest absolute Gasteiger partial charge is 0.420 e. The molecule has 1 heterocycles. The first-order valence-corrected chi connectivity index (χ1v) is 9.26. The number of hydrogen-bond acceptors (Lipinski definition) is 6. The minimum absolute atomic E-state index is 0.262. The number of nitrogens with zero attached hydrogens (tertiary/aromatic N) is 1. The summed E-state index contributed by atoms with van der Waals surface area (Å²) < 4.78 is 16.1. The Morgan fingerprint density at radius 2 is 1.38 bits per heavy atom. The third-order valence-electron chi connectivity index (χ3n) is 3.67. The number of ether oxygens (including phenoxy) is 3. The van der Waals surface area contributed by atoms with E-state index in [0.29, 0.717) is 12.8 Å². The summed E-state index contributed by atoms with van der Waals surface area (Å²) in [6, 6.07) is -1.06. The lowest BCUT2D eigenvalue weighted by Crippen LogP contribution is -2.52. The Balaban J connectivity index is 3.15. The average molecular weight is 371 g/mol. The second-order valence-electron chi connectivity index (χ2n) is 8.73. The summed E-state index contributed by atoms with van der Waals surface area (Å²) >= 11 is 0. The maximum atomic E-state index is 12.7. The van der Waals surface area contributed by atoms with Gasteiger partial charge >= 0.3 is 18.2 Å². The average Bonchev–Trinajstić information content (AvgIpc) is 2.47. The Kier molecular flexibility index (Phi) is 7.47. The van der Waals surface area contributed by atoms with Crippen molar-refractivity contribution in [1.29, 1.82) is 0 Å². The lowest BCUT2D eigenvalue weighted by molar-refractivity contribution is -0.154. The fourth-order valence-corrected chi connectivity index (χ4v) is 2.59. The molecule has 2 amide bonds. The van der Waals surface area contributed by atoms with E-state index in [2.05, 4.69) is 0 Å². The van der Waals surface area contributed by atoms with Crippen LogP contribution in [0, 0.1) is 0 Å². The van der Waals surface area contributed by atoms with E-state index < -0.39 is 35.4 Å². The van der Waals surface area contributed by atoms with Gasteiger partial charge in [0, 0.05) is 0 Å². The first-order valence-electron chi connectivity index (χ1n) is 9.26. The van der Waals surface area contributed by atoms with E-state index >= 15 is 0 Å². The molecule has 1 fully saturated rings. The summed E-state index contributed by atoms with van der Waals surface area (Å²) in [4.78, 5) is 38.8. The second-order valence-corrected chi connectivity index (χ2v) is 8.73. The summed E-state index contributed by atoms with van der Waals surface area (Å²) in [5, 5.41) is 0. The quantitative estimate of drug-likeness (QED) is 0.501. The van der Waals surface area contributed by atoms with Crippen molar-refractivity contribution in [3.8, 4) is 0 Å². The highest BCUT2D eigenvalue weighted by Gasteiger charge is 2.41. The van der Waals surface area contributed by atoms with Crippen molar-refractivity contribution in [2.45, 2.75) is 104 Å². The van der Waals surface area contributed by atoms with Crippen LogP contribution >= 0.6 is 0 Å². The molecule has 1 unspecified atom stereocenters. The number of imide groups is 1. The van der Waals surface area contributed by atoms with Crippen LogP contribution in [-0.4, -0.2) is 46.4 Å². The molecule has 0 aromatic heterocycles. The van der Waals surface area contributed by atoms with Crippen molar-refractivity contribution >= 4 is 18.2 Å². The fourth-order valence-electron chi connectivity index (χ4n) is 2.59. The molecule has 0 saturated carbocycles. The molecule has 0 N–H and O–H groups in total. The van der Waals surface area contributed by atoms with Crippen molar-refractivity contribution < 1.29 is 28.6 Å². The van der Waals surface area contributed by atoms with E-state index in [9.17, 15) is 14.4 Å². The van der Waals surface area contributed by atoms with Gasteiger partial charge in [-0.15, -0.1) is 0 Å². The van der Waals surface area contributed by atoms with E-state index in [0.717, 1.165) is 24.2 Å². The highest BCUT2D eigenvalue weighted by Crippen LogP contribution is 2.23. The van der Waals surface area contributed by atoms with Gasteiger partial charge in [-0.25, -0.2) is 14.4 Å². The molecule has 1 aliphatic rings. The minimum Gasteiger partial charge on any atom is -0.461 e. The lowest BCUT2D eigenvalue weighted by Gasteiger charge is -2.32. The molecular weight excluding hydrogens is 338 g/mol. The maximum absolute atomic E-state index is 12.7. The van der Waals surface area contributed by atoms with E-state index in [4.69, 9.17) is 14.2 Å². The van der Waals surface area contributed by atoms with Gasteiger partial charge in [0.1, 0.15) is 17.2 Å². The van der Waals surface area contributed by atoms with E-state index in [1.165, 1.54) is 0 Å². The van der Waals surface area contributed by atoms with Crippen LogP contribution in [0.1, 0.15) is 80.6 Å². The second kappa shape index (κ2) is 8.73. The van der Waals surface area contributed by atoms with Crippen LogP contribution in [0.4, 0.5) is 9.59 Å². The zero-order valence-corrected chi connectivity index (χ0v) is 17.1. The van der Waals surface area contributed by atoms with Crippen LogP contribution in [0.15, 0.2) is 0 Å². The number of amides is 2. The topological polar surface area (TPSA) is 82.1 Å². The molecule has 1 rings (SSSR count). The maximum Gasteiger partial charge on any atom is 0.420 e. The van der Waals surface area contributed by atoms with Crippen molar-refractivity contribution in [2.75, 3.05) is 0 Å². The van der Waals surface area contributed by atoms with Gasteiger partial charge in [-0.3, -0.25) is 0 Å². The van der Waals surface area contributed by atoms with Gasteiger partial charge in [-0.1, -0.05) is 12.8 Å². The normalized spacial score (nSPS) is 22.3. The highest BCUT2D eigenvalue weighted by atomic mass is 16.6. The molecule has 0 radical (unpaired) electrons. The molecule has 1 aliphatic heterocycles. The minimum atomic E-state index is -1.06. The number of hydrogen-bond donors (Lipinski definition) is 0. The van der Waals surface area contributed by atoms with Gasteiger partial charge in [0.15, 0.2) is 0 Å². The highest BCUT2D eigenvalue weighted by molar-refractivity contribution is 5.94. The Morgan fingerprint density at radius 1 is 0.923 bits per heavy atom. The molecule has 0 aromatic carbocycles. The van der Waals surface area contributed by atoms with E-state index in [1.54, 1.807) is 41.5 Å². The molecule has 2 atom stereocenters. The van der Waals surface area contributed by atoms with Gasteiger partial charge in [0.05, 0.1) is 6.10 Å². The van der Waals surface area contributed by atoms with E-state index in [-0.39, 0.29) is 6.10 Å². The number of esters is 1. The van der Waals surface area contributed by atoms with Gasteiger partial charge in [-0.2, -0.15) is 4.90 Å². The van der Waals surface area contributed by atoms with Gasteiger partial charge in [-0.05, 0) is 67.7 Å². The van der Waals surface area contributed by atoms with Crippen LogP contribution in [0.3, 0.4) is 0 Å². The largest absolute Gasteiger partial charge is 0.461 e.